The number of aryl methyl sites for hydroxylation is 2. The second kappa shape index (κ2) is 10.9. The number of ether oxygens (including phenoxy) is 2. The first-order chi connectivity index (χ1) is 16.4. The summed E-state index contributed by atoms with van der Waals surface area (Å²) in [7, 11) is 0. The van der Waals surface area contributed by atoms with E-state index in [1.165, 1.54) is 0 Å². The number of nitrogens with one attached hydrogen (secondary N) is 1. The molecule has 1 N–H and O–H groups in total. The summed E-state index contributed by atoms with van der Waals surface area (Å²) in [5.74, 6) is 1.23. The van der Waals surface area contributed by atoms with Crippen molar-refractivity contribution in [3.05, 3.63) is 26.7 Å². The van der Waals surface area contributed by atoms with Crippen LogP contribution in [0, 0.1) is 11.8 Å². The minimum atomic E-state index is -0.432. The fourth-order valence-corrected chi connectivity index (χ4v) is 4.98. The fourth-order valence-electron chi connectivity index (χ4n) is 4.98. The van der Waals surface area contributed by atoms with Crippen molar-refractivity contribution in [2.45, 2.75) is 78.7 Å². The van der Waals surface area contributed by atoms with Crippen molar-refractivity contribution < 1.29 is 14.3 Å². The number of H-pyrrole nitrogens is 1. The van der Waals surface area contributed by atoms with Crippen LogP contribution in [0.25, 0.3) is 11.2 Å². The molecule has 0 saturated carbocycles. The van der Waals surface area contributed by atoms with Crippen LogP contribution in [0.15, 0.2) is 9.59 Å². The third-order valence-corrected chi connectivity index (χ3v) is 6.65. The van der Waals surface area contributed by atoms with Gasteiger partial charge in [0, 0.05) is 44.9 Å². The molecular weight excluding hydrogens is 438 g/mol. The third-order valence-electron chi connectivity index (χ3n) is 6.65. The van der Waals surface area contributed by atoms with Gasteiger partial charge >= 0.3 is 5.69 Å². The molecule has 10 nitrogen and oxygen atoms in total. The molecule has 0 spiro atoms. The lowest BCUT2D eigenvalue weighted by Crippen LogP contribution is -2.44. The highest BCUT2D eigenvalue weighted by atomic mass is 16.7. The monoisotopic (exact) mass is 475 g/mol. The van der Waals surface area contributed by atoms with Gasteiger partial charge in [-0.05, 0) is 25.2 Å². The molecule has 2 saturated heterocycles. The van der Waals surface area contributed by atoms with Gasteiger partial charge in [-0.3, -0.25) is 19.1 Å². The van der Waals surface area contributed by atoms with Gasteiger partial charge in [-0.25, -0.2) is 9.78 Å². The average Bonchev–Trinajstić information content (AvgIpc) is 3.46. The summed E-state index contributed by atoms with van der Waals surface area (Å²) in [6.07, 6.45) is 4.18. The van der Waals surface area contributed by atoms with Crippen LogP contribution in [-0.4, -0.2) is 62.5 Å². The summed E-state index contributed by atoms with van der Waals surface area (Å²) in [5.41, 5.74) is -0.0216. The standard InChI is InChI=1S/C24H37N5O5/c1-4-5-11-28-21-20(22(31)26-24(28)32)29(14-16(2)3)18(25-21)8-9-19(30)27-10-6-7-17(15-27)23-33-12-13-34-23/h16-17,23H,4-15H2,1-3H3,(H,26,31,32). The summed E-state index contributed by atoms with van der Waals surface area (Å²) in [5, 5.41) is 0. The molecule has 4 rings (SSSR count). The topological polar surface area (TPSA) is 111 Å². The second-order valence-corrected chi connectivity index (χ2v) is 9.82. The molecule has 4 heterocycles. The van der Waals surface area contributed by atoms with Crippen molar-refractivity contribution in [3.8, 4) is 0 Å². The Morgan fingerprint density at radius 1 is 1.21 bits per heavy atom. The minimum Gasteiger partial charge on any atom is -0.350 e. The maximum Gasteiger partial charge on any atom is 0.330 e. The van der Waals surface area contributed by atoms with Gasteiger partial charge in [0.1, 0.15) is 5.82 Å². The number of imidazole rings is 1. The number of nitrogens with zero attached hydrogens (tertiary/aromatic N) is 4. The van der Waals surface area contributed by atoms with Crippen LogP contribution in [-0.2, 0) is 33.8 Å². The first kappa shape index (κ1) is 24.7. The Kier molecular flexibility index (Phi) is 7.88. The number of likely N-dealkylation sites (tertiary alicyclic amines) is 1. The Labute approximate surface area is 199 Å². The van der Waals surface area contributed by atoms with E-state index in [-0.39, 0.29) is 24.0 Å². The maximum absolute atomic E-state index is 13.1. The van der Waals surface area contributed by atoms with Gasteiger partial charge in [0.05, 0.1) is 13.2 Å². The fraction of sp³-hybridized carbons (Fsp3) is 0.750. The summed E-state index contributed by atoms with van der Waals surface area (Å²) in [6.45, 7) is 9.90. The molecule has 2 aromatic rings. The molecular formula is C24H37N5O5. The lowest BCUT2D eigenvalue weighted by molar-refractivity contribution is -0.139. The molecule has 2 aromatic heterocycles. The van der Waals surface area contributed by atoms with Crippen LogP contribution < -0.4 is 11.2 Å². The van der Waals surface area contributed by atoms with Gasteiger partial charge in [0.2, 0.25) is 5.91 Å². The van der Waals surface area contributed by atoms with E-state index in [0.717, 1.165) is 32.2 Å². The quantitative estimate of drug-likeness (QED) is 0.593. The molecule has 0 bridgehead atoms. The summed E-state index contributed by atoms with van der Waals surface area (Å²) in [4.78, 5) is 47.4. The molecule has 1 amide bonds. The van der Waals surface area contributed by atoms with Crippen molar-refractivity contribution in [2.75, 3.05) is 26.3 Å². The number of carbonyl (C=O) groups excluding carboxylic acids is 1. The smallest absolute Gasteiger partial charge is 0.330 e. The first-order valence-electron chi connectivity index (χ1n) is 12.6. The number of amides is 1. The highest BCUT2D eigenvalue weighted by molar-refractivity contribution is 5.77. The molecule has 2 aliphatic heterocycles. The third kappa shape index (κ3) is 5.27. The molecule has 34 heavy (non-hydrogen) atoms. The Balaban J connectivity index is 1.55. The van der Waals surface area contributed by atoms with Crippen molar-refractivity contribution in [1.29, 1.82) is 0 Å². The van der Waals surface area contributed by atoms with Gasteiger partial charge < -0.3 is 18.9 Å². The Morgan fingerprint density at radius 3 is 2.68 bits per heavy atom. The van der Waals surface area contributed by atoms with Gasteiger partial charge in [-0.2, -0.15) is 0 Å². The normalized spacial score (nSPS) is 19.5. The number of piperidine rings is 1. The van der Waals surface area contributed by atoms with Crippen LogP contribution in [0.2, 0.25) is 0 Å². The summed E-state index contributed by atoms with van der Waals surface area (Å²) < 4.78 is 14.8. The molecule has 0 aromatic carbocycles. The number of rotatable bonds is 9. The zero-order valence-electron chi connectivity index (χ0n) is 20.5. The first-order valence-corrected chi connectivity index (χ1v) is 12.6. The Hall–Kier alpha value is -2.46. The Bertz CT molecular complexity index is 1110. The van der Waals surface area contributed by atoms with Crippen molar-refractivity contribution >= 4 is 17.1 Å². The average molecular weight is 476 g/mol. The lowest BCUT2D eigenvalue weighted by atomic mass is 9.97. The molecule has 0 aliphatic carbocycles. The van der Waals surface area contributed by atoms with Crippen LogP contribution in [0.1, 0.15) is 58.7 Å². The van der Waals surface area contributed by atoms with E-state index >= 15 is 0 Å². The van der Waals surface area contributed by atoms with Crippen LogP contribution >= 0.6 is 0 Å². The lowest BCUT2D eigenvalue weighted by Gasteiger charge is -2.34. The molecule has 188 valence electrons. The van der Waals surface area contributed by atoms with Crippen LogP contribution in [0.5, 0.6) is 0 Å². The molecule has 2 aliphatic rings. The molecule has 0 radical (unpaired) electrons. The van der Waals surface area contributed by atoms with E-state index in [0.29, 0.717) is 62.7 Å². The molecule has 1 atom stereocenters. The predicted molar refractivity (Wildman–Crippen MR) is 128 cm³/mol. The zero-order valence-corrected chi connectivity index (χ0v) is 20.5. The van der Waals surface area contributed by atoms with Crippen molar-refractivity contribution in [2.24, 2.45) is 11.8 Å². The van der Waals surface area contributed by atoms with Gasteiger partial charge in [-0.1, -0.05) is 27.2 Å². The zero-order chi connectivity index (χ0) is 24.2. The summed E-state index contributed by atoms with van der Waals surface area (Å²) >= 11 is 0. The van der Waals surface area contributed by atoms with Crippen molar-refractivity contribution in [3.63, 3.8) is 0 Å². The predicted octanol–water partition coefficient (Wildman–Crippen LogP) is 1.89. The Morgan fingerprint density at radius 2 is 1.97 bits per heavy atom. The molecule has 2 fully saturated rings. The molecule has 1 unspecified atom stereocenters. The van der Waals surface area contributed by atoms with Crippen LogP contribution in [0.3, 0.4) is 0 Å². The highest BCUT2D eigenvalue weighted by Gasteiger charge is 2.32. The number of hydrogen-bond acceptors (Lipinski definition) is 6. The van der Waals surface area contributed by atoms with Gasteiger partial charge in [0.15, 0.2) is 17.5 Å². The highest BCUT2D eigenvalue weighted by Crippen LogP contribution is 2.25. The largest absolute Gasteiger partial charge is 0.350 e. The van der Waals surface area contributed by atoms with E-state index in [4.69, 9.17) is 14.5 Å². The van der Waals surface area contributed by atoms with E-state index in [1.807, 2.05) is 9.47 Å². The van der Waals surface area contributed by atoms with E-state index in [9.17, 15) is 14.4 Å². The maximum atomic E-state index is 13.1. The van der Waals surface area contributed by atoms with Gasteiger partial charge in [0.25, 0.3) is 5.56 Å². The number of hydrogen-bond donors (Lipinski definition) is 1. The summed E-state index contributed by atoms with van der Waals surface area (Å²) in [6, 6.07) is 0. The van der Waals surface area contributed by atoms with Gasteiger partial charge in [-0.15, -0.1) is 0 Å². The van der Waals surface area contributed by atoms with Crippen molar-refractivity contribution in [1.82, 2.24) is 24.0 Å². The second-order valence-electron chi connectivity index (χ2n) is 9.82. The number of aromatic amines is 1. The van der Waals surface area contributed by atoms with E-state index in [1.54, 1.807) is 4.57 Å². The van der Waals surface area contributed by atoms with E-state index < -0.39 is 11.2 Å². The SMILES string of the molecule is CCCCn1c(=O)[nH]c(=O)c2c1nc(CCC(=O)N1CCCC(C3OCCO3)C1)n2CC(C)C. The van der Waals surface area contributed by atoms with E-state index in [2.05, 4.69) is 25.8 Å². The number of unbranched alkanes of at least 4 members (excludes halogenated alkanes) is 1. The minimum absolute atomic E-state index is 0.0723. The number of carbonyl (C=O) groups is 1. The van der Waals surface area contributed by atoms with Crippen LogP contribution in [0.4, 0.5) is 0 Å². The number of fused-ring (bicyclic) bond motifs is 1. The number of aromatic nitrogens is 4. The molecule has 10 heteroatoms.